The summed E-state index contributed by atoms with van der Waals surface area (Å²) in [6.07, 6.45) is 30.1. The summed E-state index contributed by atoms with van der Waals surface area (Å²) in [4.78, 5) is 13.2. The van der Waals surface area contributed by atoms with Crippen LogP contribution in [0.5, 0.6) is 0 Å². The first kappa shape index (κ1) is 61.1. The standard InChI is InChI=1S/C53H95NO13/c1-3-5-7-9-11-13-15-17-18-19-20-21-22-23-25-26-28-30-32-34-36-42(57)41(54-45(58)37-35-33-31-29-27-24-16-14-12-10-8-6-4-2)40-64-52-50(63)48(61)51(44(39-56)66-52)67-53-49(62)47(60)46(59)43(38-55)65-53/h8,10,14,16,26,28,34,36,41-44,46-53,55-57,59-63H,3-7,9,11-13,15,17-25,27,29-33,35,37-40H2,1-2H3,(H,54,58)/b10-8-,16-14-,28-26+,36-34+. The van der Waals surface area contributed by atoms with Crippen LogP contribution < -0.4 is 5.32 Å². The van der Waals surface area contributed by atoms with Crippen molar-refractivity contribution in [2.75, 3.05) is 19.8 Å². The highest BCUT2D eigenvalue weighted by Crippen LogP contribution is 2.30. The molecule has 390 valence electrons. The predicted molar refractivity (Wildman–Crippen MR) is 263 cm³/mol. The molecule has 12 atom stereocenters. The maximum atomic E-state index is 13.2. The molecule has 2 aliphatic rings. The summed E-state index contributed by atoms with van der Waals surface area (Å²) in [5, 5.41) is 86.7. The maximum Gasteiger partial charge on any atom is 0.220 e. The van der Waals surface area contributed by atoms with E-state index < -0.39 is 86.8 Å². The van der Waals surface area contributed by atoms with Gasteiger partial charge in [-0.2, -0.15) is 0 Å². The summed E-state index contributed by atoms with van der Waals surface area (Å²) >= 11 is 0. The Morgan fingerprint density at radius 3 is 1.61 bits per heavy atom. The van der Waals surface area contributed by atoms with Gasteiger partial charge in [-0.3, -0.25) is 4.79 Å². The van der Waals surface area contributed by atoms with Crippen molar-refractivity contribution in [3.8, 4) is 0 Å². The highest BCUT2D eigenvalue weighted by Gasteiger charge is 2.51. The van der Waals surface area contributed by atoms with Crippen LogP contribution in [0.3, 0.4) is 0 Å². The highest BCUT2D eigenvalue weighted by atomic mass is 16.7. The van der Waals surface area contributed by atoms with E-state index in [1.165, 1.54) is 89.9 Å². The second-order valence-electron chi connectivity index (χ2n) is 18.6. The number of ether oxygens (including phenoxy) is 4. The van der Waals surface area contributed by atoms with Crippen LogP contribution in [0.15, 0.2) is 48.6 Å². The van der Waals surface area contributed by atoms with Crippen molar-refractivity contribution in [2.45, 2.75) is 261 Å². The molecule has 0 aliphatic carbocycles. The number of hydrogen-bond donors (Lipinski definition) is 9. The minimum atomic E-state index is -1.79. The van der Waals surface area contributed by atoms with Gasteiger partial charge in [0, 0.05) is 6.42 Å². The van der Waals surface area contributed by atoms with Crippen molar-refractivity contribution in [3.63, 3.8) is 0 Å². The van der Waals surface area contributed by atoms with Gasteiger partial charge in [0.15, 0.2) is 12.6 Å². The maximum absolute atomic E-state index is 13.2. The number of carbonyl (C=O) groups excluding carboxylic acids is 1. The molecule has 1 amide bonds. The monoisotopic (exact) mass is 954 g/mol. The summed E-state index contributed by atoms with van der Waals surface area (Å²) < 4.78 is 22.7. The number of aliphatic hydroxyl groups excluding tert-OH is 8. The number of carbonyl (C=O) groups is 1. The fourth-order valence-corrected chi connectivity index (χ4v) is 8.40. The van der Waals surface area contributed by atoms with Gasteiger partial charge in [0.1, 0.15) is 48.8 Å². The first-order valence-electron chi connectivity index (χ1n) is 26.4. The zero-order chi connectivity index (χ0) is 48.9. The van der Waals surface area contributed by atoms with Gasteiger partial charge >= 0.3 is 0 Å². The van der Waals surface area contributed by atoms with E-state index in [-0.39, 0.29) is 18.9 Å². The minimum Gasteiger partial charge on any atom is -0.394 e. The lowest BCUT2D eigenvalue weighted by molar-refractivity contribution is -0.359. The van der Waals surface area contributed by atoms with Crippen LogP contribution in [-0.2, 0) is 23.7 Å². The van der Waals surface area contributed by atoms with Gasteiger partial charge in [0.2, 0.25) is 5.91 Å². The average molecular weight is 954 g/mol. The van der Waals surface area contributed by atoms with E-state index in [1.54, 1.807) is 6.08 Å². The smallest absolute Gasteiger partial charge is 0.220 e. The van der Waals surface area contributed by atoms with E-state index in [2.05, 4.69) is 55.6 Å². The van der Waals surface area contributed by atoms with Crippen LogP contribution in [0.25, 0.3) is 0 Å². The molecule has 14 nitrogen and oxygen atoms in total. The van der Waals surface area contributed by atoms with Gasteiger partial charge in [0.05, 0.1) is 32.0 Å². The van der Waals surface area contributed by atoms with Crippen LogP contribution in [0.4, 0.5) is 0 Å². The molecule has 0 aromatic heterocycles. The summed E-state index contributed by atoms with van der Waals surface area (Å²) in [6, 6.07) is -0.938. The van der Waals surface area contributed by atoms with Gasteiger partial charge in [0.25, 0.3) is 0 Å². The number of allylic oxidation sites excluding steroid dienone is 7. The Bertz CT molecular complexity index is 1310. The molecule has 14 heteroatoms. The molecule has 67 heavy (non-hydrogen) atoms. The van der Waals surface area contributed by atoms with E-state index >= 15 is 0 Å². The largest absolute Gasteiger partial charge is 0.394 e. The van der Waals surface area contributed by atoms with Gasteiger partial charge in [-0.1, -0.05) is 172 Å². The van der Waals surface area contributed by atoms with E-state index in [4.69, 9.17) is 18.9 Å². The van der Waals surface area contributed by atoms with Crippen LogP contribution in [-0.4, -0.2) is 140 Å². The number of rotatable bonds is 40. The number of hydrogen-bond acceptors (Lipinski definition) is 13. The number of nitrogens with one attached hydrogen (secondary N) is 1. The molecule has 0 bridgehead atoms. The molecule has 2 saturated heterocycles. The number of amides is 1. The van der Waals surface area contributed by atoms with Gasteiger partial charge < -0.3 is 65.1 Å². The normalized spacial score (nSPS) is 27.0. The molecule has 2 aliphatic heterocycles. The summed E-state index contributed by atoms with van der Waals surface area (Å²) in [5.41, 5.74) is 0. The SMILES string of the molecule is CCC/C=C\C/C=C\CCCCCCCC(=O)NC(COC1OC(CO)C(OC2OC(CO)C(O)C(O)C2O)C(O)C1O)C(O)/C=C/CC/C=C/CCCCCCCCCCCCCCCC. The molecular formula is C53H95NO13. The van der Waals surface area contributed by atoms with Gasteiger partial charge in [-0.15, -0.1) is 0 Å². The van der Waals surface area contributed by atoms with E-state index in [1.807, 2.05) is 6.08 Å². The third kappa shape index (κ3) is 26.7. The average Bonchev–Trinajstić information content (AvgIpc) is 3.32. The van der Waals surface area contributed by atoms with Crippen LogP contribution in [0.2, 0.25) is 0 Å². The van der Waals surface area contributed by atoms with Crippen LogP contribution in [0.1, 0.15) is 187 Å². The first-order valence-corrected chi connectivity index (χ1v) is 26.4. The fraction of sp³-hybridized carbons (Fsp3) is 0.830. The Morgan fingerprint density at radius 1 is 0.537 bits per heavy atom. The van der Waals surface area contributed by atoms with E-state index in [0.29, 0.717) is 12.8 Å². The zero-order valence-corrected chi connectivity index (χ0v) is 41.4. The predicted octanol–water partition coefficient (Wildman–Crippen LogP) is 7.27. The Morgan fingerprint density at radius 2 is 1.03 bits per heavy atom. The molecule has 9 N–H and O–H groups in total. The third-order valence-electron chi connectivity index (χ3n) is 12.7. The Balaban J connectivity index is 1.85. The Labute approximate surface area is 403 Å². The summed E-state index contributed by atoms with van der Waals surface area (Å²) in [7, 11) is 0. The van der Waals surface area contributed by atoms with Crippen molar-refractivity contribution < 1.29 is 64.6 Å². The summed E-state index contributed by atoms with van der Waals surface area (Å²) in [6.45, 7) is 2.69. The topological polar surface area (TPSA) is 228 Å². The quantitative estimate of drug-likeness (QED) is 0.0218. The molecule has 0 aromatic carbocycles. The molecular weight excluding hydrogens is 859 g/mol. The minimum absolute atomic E-state index is 0.256. The van der Waals surface area contributed by atoms with Crippen molar-refractivity contribution in [2.24, 2.45) is 0 Å². The fourth-order valence-electron chi connectivity index (χ4n) is 8.40. The molecule has 0 radical (unpaired) electrons. The third-order valence-corrected chi connectivity index (χ3v) is 12.7. The number of unbranched alkanes of at least 4 members (excludes halogenated alkanes) is 21. The molecule has 0 spiro atoms. The van der Waals surface area contributed by atoms with E-state index in [9.17, 15) is 45.6 Å². The van der Waals surface area contributed by atoms with E-state index in [0.717, 1.165) is 64.2 Å². The lowest BCUT2D eigenvalue weighted by Crippen LogP contribution is -2.65. The molecule has 12 unspecified atom stereocenters. The molecule has 2 heterocycles. The Hall–Kier alpha value is -2.05. The highest BCUT2D eigenvalue weighted by molar-refractivity contribution is 5.76. The van der Waals surface area contributed by atoms with Gasteiger partial charge in [-0.05, 0) is 57.8 Å². The molecule has 2 rings (SSSR count). The second-order valence-corrected chi connectivity index (χ2v) is 18.6. The van der Waals surface area contributed by atoms with Crippen molar-refractivity contribution in [1.29, 1.82) is 0 Å². The zero-order valence-electron chi connectivity index (χ0n) is 41.4. The Kier molecular flexibility index (Phi) is 36.1. The van der Waals surface area contributed by atoms with Crippen LogP contribution >= 0.6 is 0 Å². The number of aliphatic hydroxyl groups is 8. The van der Waals surface area contributed by atoms with Crippen LogP contribution in [0, 0.1) is 0 Å². The first-order chi connectivity index (χ1) is 32.6. The molecule has 0 saturated carbocycles. The summed E-state index contributed by atoms with van der Waals surface area (Å²) in [5.74, 6) is -0.266. The van der Waals surface area contributed by atoms with Crippen molar-refractivity contribution in [1.82, 2.24) is 5.32 Å². The second kappa shape index (κ2) is 39.6. The van der Waals surface area contributed by atoms with Crippen molar-refractivity contribution >= 4 is 5.91 Å². The lowest BCUT2D eigenvalue weighted by atomic mass is 9.97. The van der Waals surface area contributed by atoms with Crippen molar-refractivity contribution in [3.05, 3.63) is 48.6 Å². The molecule has 0 aromatic rings. The lowest BCUT2D eigenvalue weighted by Gasteiger charge is -2.46. The molecule has 2 fully saturated rings. The van der Waals surface area contributed by atoms with Gasteiger partial charge in [-0.25, -0.2) is 0 Å².